The quantitative estimate of drug-likeness (QED) is 0.554. The average molecular weight is 297 g/mol. The van der Waals surface area contributed by atoms with Crippen LogP contribution >= 0.6 is 0 Å². The molecule has 112 valence electrons. The van der Waals surface area contributed by atoms with Crippen LogP contribution in [0.25, 0.3) is 0 Å². The van der Waals surface area contributed by atoms with Crippen LogP contribution in [0, 0.1) is 5.92 Å². The molecule has 0 amide bonds. The summed E-state index contributed by atoms with van der Waals surface area (Å²) in [6.07, 6.45) is 7.72. The zero-order chi connectivity index (χ0) is 14.6. The second kappa shape index (κ2) is 6.45. The molecule has 6 heteroatoms. The molecule has 1 fully saturated rings. The normalized spacial score (nSPS) is 16.4. The molecule has 0 saturated heterocycles. The van der Waals surface area contributed by atoms with Gasteiger partial charge >= 0.3 is 0 Å². The highest BCUT2D eigenvalue weighted by molar-refractivity contribution is 7.89. The molecule has 0 heterocycles. The van der Waals surface area contributed by atoms with Gasteiger partial charge in [0.2, 0.25) is 10.0 Å². The first-order chi connectivity index (χ1) is 9.47. The largest absolute Gasteiger partial charge is 0.397 e. The summed E-state index contributed by atoms with van der Waals surface area (Å²) in [6, 6.07) is 4.49. The van der Waals surface area contributed by atoms with Crippen LogP contribution in [-0.2, 0) is 10.0 Å². The molecule has 5 nitrogen and oxygen atoms in total. The first-order valence-corrected chi connectivity index (χ1v) is 8.67. The number of primary sulfonamides is 1. The number of rotatable bonds is 6. The lowest BCUT2D eigenvalue weighted by atomic mass is 10.0. The predicted octanol–water partition coefficient (Wildman–Crippen LogP) is 2.30. The van der Waals surface area contributed by atoms with Crippen molar-refractivity contribution in [2.75, 3.05) is 17.6 Å². The van der Waals surface area contributed by atoms with E-state index >= 15 is 0 Å². The molecule has 20 heavy (non-hydrogen) atoms. The lowest BCUT2D eigenvalue weighted by molar-refractivity contribution is 0.491. The monoisotopic (exact) mass is 297 g/mol. The number of nitrogens with one attached hydrogen (secondary N) is 1. The van der Waals surface area contributed by atoms with E-state index in [9.17, 15) is 8.42 Å². The van der Waals surface area contributed by atoms with Gasteiger partial charge in [0.15, 0.2) is 0 Å². The molecule has 0 aliphatic heterocycles. The Morgan fingerprint density at radius 1 is 1.25 bits per heavy atom. The van der Waals surface area contributed by atoms with E-state index < -0.39 is 10.0 Å². The van der Waals surface area contributed by atoms with Crippen LogP contribution in [-0.4, -0.2) is 15.0 Å². The molecule has 1 aliphatic rings. The van der Waals surface area contributed by atoms with Crippen molar-refractivity contribution >= 4 is 21.4 Å². The summed E-state index contributed by atoms with van der Waals surface area (Å²) in [7, 11) is -3.68. The van der Waals surface area contributed by atoms with Crippen molar-refractivity contribution in [2.45, 2.75) is 43.4 Å². The zero-order valence-corrected chi connectivity index (χ0v) is 12.5. The molecular formula is C14H23N3O2S. The molecule has 5 N–H and O–H groups in total. The Morgan fingerprint density at radius 3 is 2.60 bits per heavy atom. The van der Waals surface area contributed by atoms with Crippen LogP contribution in [0.4, 0.5) is 11.4 Å². The van der Waals surface area contributed by atoms with E-state index in [0.29, 0.717) is 11.4 Å². The number of sulfonamides is 1. The van der Waals surface area contributed by atoms with Gasteiger partial charge in [0.05, 0.1) is 16.3 Å². The van der Waals surface area contributed by atoms with Gasteiger partial charge < -0.3 is 11.1 Å². The fourth-order valence-electron chi connectivity index (χ4n) is 2.78. The van der Waals surface area contributed by atoms with Crippen molar-refractivity contribution in [3.8, 4) is 0 Å². The van der Waals surface area contributed by atoms with E-state index in [1.165, 1.54) is 44.2 Å². The predicted molar refractivity (Wildman–Crippen MR) is 81.9 cm³/mol. The van der Waals surface area contributed by atoms with Gasteiger partial charge in [0, 0.05) is 6.54 Å². The topological polar surface area (TPSA) is 98.2 Å². The van der Waals surface area contributed by atoms with Crippen molar-refractivity contribution in [2.24, 2.45) is 11.1 Å². The fraction of sp³-hybridized carbons (Fsp3) is 0.571. The second-order valence-electron chi connectivity index (χ2n) is 5.51. The second-order valence-corrected chi connectivity index (χ2v) is 7.07. The van der Waals surface area contributed by atoms with Gasteiger partial charge in [-0.15, -0.1) is 0 Å². The molecular weight excluding hydrogens is 274 g/mol. The third-order valence-electron chi connectivity index (χ3n) is 3.93. The van der Waals surface area contributed by atoms with Crippen LogP contribution < -0.4 is 16.2 Å². The number of hydrogen-bond donors (Lipinski definition) is 3. The Morgan fingerprint density at radius 2 is 1.95 bits per heavy atom. The molecule has 0 spiro atoms. The zero-order valence-electron chi connectivity index (χ0n) is 11.6. The van der Waals surface area contributed by atoms with Gasteiger partial charge in [-0.25, -0.2) is 13.6 Å². The summed E-state index contributed by atoms with van der Waals surface area (Å²) < 4.78 is 22.6. The smallest absolute Gasteiger partial charge is 0.238 e. The maximum Gasteiger partial charge on any atom is 0.238 e. The van der Waals surface area contributed by atoms with Crippen LogP contribution in [0.15, 0.2) is 23.1 Å². The van der Waals surface area contributed by atoms with E-state index in [-0.39, 0.29) is 4.90 Å². The lowest BCUT2D eigenvalue weighted by Crippen LogP contribution is -2.13. The van der Waals surface area contributed by atoms with E-state index in [0.717, 1.165) is 18.9 Å². The van der Waals surface area contributed by atoms with E-state index in [1.807, 2.05) is 0 Å². The Balaban J connectivity index is 1.88. The Bertz CT molecular complexity index is 552. The number of nitrogens with two attached hydrogens (primary N) is 2. The van der Waals surface area contributed by atoms with Crippen LogP contribution in [0.5, 0.6) is 0 Å². The summed E-state index contributed by atoms with van der Waals surface area (Å²) in [6.45, 7) is 0.800. The van der Waals surface area contributed by atoms with E-state index in [1.54, 1.807) is 6.07 Å². The molecule has 0 bridgehead atoms. The molecule has 1 aromatic rings. The van der Waals surface area contributed by atoms with Crippen molar-refractivity contribution in [3.05, 3.63) is 18.2 Å². The summed E-state index contributed by atoms with van der Waals surface area (Å²) in [5, 5.41) is 8.32. The molecule has 1 saturated carbocycles. The SMILES string of the molecule is Nc1ccc(S(N)(=O)=O)cc1NCCCC1CCCC1. The first-order valence-electron chi connectivity index (χ1n) is 7.13. The average Bonchev–Trinajstić information content (AvgIpc) is 2.88. The lowest BCUT2D eigenvalue weighted by Gasteiger charge is -2.12. The van der Waals surface area contributed by atoms with Crippen molar-refractivity contribution < 1.29 is 8.42 Å². The van der Waals surface area contributed by atoms with Crippen molar-refractivity contribution in [1.29, 1.82) is 0 Å². The highest BCUT2D eigenvalue weighted by Crippen LogP contribution is 2.28. The Hall–Kier alpha value is -1.27. The molecule has 0 unspecified atom stereocenters. The third kappa shape index (κ3) is 4.11. The van der Waals surface area contributed by atoms with Gasteiger partial charge in [-0.1, -0.05) is 25.7 Å². The highest BCUT2D eigenvalue weighted by atomic mass is 32.2. The minimum atomic E-state index is -3.68. The molecule has 1 aromatic carbocycles. The van der Waals surface area contributed by atoms with Gasteiger partial charge in [0.1, 0.15) is 0 Å². The summed E-state index contributed by atoms with van der Waals surface area (Å²) in [5.74, 6) is 0.866. The summed E-state index contributed by atoms with van der Waals surface area (Å²) >= 11 is 0. The maximum absolute atomic E-state index is 11.3. The van der Waals surface area contributed by atoms with Crippen molar-refractivity contribution in [1.82, 2.24) is 0 Å². The molecule has 1 aliphatic carbocycles. The van der Waals surface area contributed by atoms with Crippen molar-refractivity contribution in [3.63, 3.8) is 0 Å². The van der Waals surface area contributed by atoms with Crippen LogP contribution in [0.2, 0.25) is 0 Å². The van der Waals surface area contributed by atoms with Gasteiger partial charge in [-0.2, -0.15) is 0 Å². The molecule has 0 atom stereocenters. The highest BCUT2D eigenvalue weighted by Gasteiger charge is 2.14. The van der Waals surface area contributed by atoms with Gasteiger partial charge in [0.25, 0.3) is 0 Å². The van der Waals surface area contributed by atoms with Crippen LogP contribution in [0.1, 0.15) is 38.5 Å². The van der Waals surface area contributed by atoms with E-state index in [4.69, 9.17) is 10.9 Å². The maximum atomic E-state index is 11.3. The minimum Gasteiger partial charge on any atom is -0.397 e. The first kappa shape index (κ1) is 15.1. The number of benzene rings is 1. The van der Waals surface area contributed by atoms with E-state index in [2.05, 4.69) is 5.32 Å². The molecule has 0 aromatic heterocycles. The molecule has 0 radical (unpaired) electrons. The Labute approximate surface area is 120 Å². The summed E-state index contributed by atoms with van der Waals surface area (Å²) in [4.78, 5) is 0.0880. The Kier molecular flexibility index (Phi) is 4.88. The minimum absolute atomic E-state index is 0.0880. The number of nitrogen functional groups attached to an aromatic ring is 1. The fourth-order valence-corrected chi connectivity index (χ4v) is 3.32. The third-order valence-corrected chi connectivity index (χ3v) is 4.84. The summed E-state index contributed by atoms with van der Waals surface area (Å²) in [5.41, 5.74) is 7.02. The van der Waals surface area contributed by atoms with Gasteiger partial charge in [-0.3, -0.25) is 0 Å². The molecule has 2 rings (SSSR count). The van der Waals surface area contributed by atoms with Crippen LogP contribution in [0.3, 0.4) is 0 Å². The van der Waals surface area contributed by atoms with Gasteiger partial charge in [-0.05, 0) is 37.0 Å². The number of anilines is 2. The number of hydrogen-bond acceptors (Lipinski definition) is 4. The standard InChI is InChI=1S/C14H23N3O2S/c15-13-8-7-12(20(16,18)19)10-14(13)17-9-3-6-11-4-1-2-5-11/h7-8,10-11,17H,1-6,9,15H2,(H2,16,18,19).